The average Bonchev–Trinajstić information content (AvgIpc) is 2.47. The highest BCUT2D eigenvalue weighted by Gasteiger charge is 2.31. The summed E-state index contributed by atoms with van der Waals surface area (Å²) < 4.78 is 51.8. The first-order chi connectivity index (χ1) is 11.1. The number of hydrogen-bond acceptors (Lipinski definition) is 2. The van der Waals surface area contributed by atoms with E-state index in [1.807, 2.05) is 0 Å². The van der Waals surface area contributed by atoms with E-state index in [0.29, 0.717) is 25.3 Å². The van der Waals surface area contributed by atoms with E-state index in [2.05, 4.69) is 0 Å². The van der Waals surface area contributed by atoms with Gasteiger partial charge in [-0.1, -0.05) is 13.3 Å². The fourth-order valence-corrected chi connectivity index (χ4v) is 2.60. The molecule has 3 nitrogen and oxygen atoms in total. The monoisotopic (exact) mass is 347 g/mol. The number of halogens is 4. The predicted octanol–water partition coefficient (Wildman–Crippen LogP) is 3.88. The highest BCUT2D eigenvalue weighted by molar-refractivity contribution is 5.73. The molecule has 2 N–H and O–H groups in total. The van der Waals surface area contributed by atoms with Gasteiger partial charge in [0.1, 0.15) is 12.1 Å². The van der Waals surface area contributed by atoms with Crippen LogP contribution in [0, 0.1) is 17.7 Å². The van der Waals surface area contributed by atoms with E-state index >= 15 is 0 Å². The maximum absolute atomic E-state index is 13.5. The minimum Gasteiger partial charge on any atom is -0.370 e. The molecule has 0 aliphatic carbocycles. The topological polar surface area (TPSA) is 60.2 Å². The number of benzene rings is 1. The molecule has 0 saturated carbocycles. The Kier molecular flexibility index (Phi) is 7.38. The zero-order valence-corrected chi connectivity index (χ0v) is 13.4. The van der Waals surface area contributed by atoms with Gasteiger partial charge >= 0.3 is 6.18 Å². The van der Waals surface area contributed by atoms with Gasteiger partial charge in [-0.15, -0.1) is 0 Å². The Labute approximate surface area is 138 Å². The lowest BCUT2D eigenvalue weighted by Crippen LogP contribution is -2.17. The zero-order chi connectivity index (χ0) is 18.3. The van der Waals surface area contributed by atoms with Crippen LogP contribution in [-0.4, -0.2) is 12.2 Å². The molecule has 1 amide bonds. The van der Waals surface area contributed by atoms with E-state index in [4.69, 9.17) is 5.73 Å². The van der Waals surface area contributed by atoms with Crippen LogP contribution in [0.1, 0.15) is 43.7 Å². The van der Waals surface area contributed by atoms with Crippen LogP contribution in [0.3, 0.4) is 0 Å². The number of rotatable bonds is 9. The smallest absolute Gasteiger partial charge is 0.370 e. The van der Waals surface area contributed by atoms with Crippen molar-refractivity contribution in [3.8, 4) is 0 Å². The van der Waals surface area contributed by atoms with Crippen molar-refractivity contribution in [2.45, 2.75) is 45.2 Å². The number of carbonyl (C=O) groups is 2. The molecule has 0 fully saturated rings. The third kappa shape index (κ3) is 6.68. The second kappa shape index (κ2) is 8.80. The molecular formula is C17H21F4NO2. The van der Waals surface area contributed by atoms with Gasteiger partial charge in [-0.2, -0.15) is 13.2 Å². The summed E-state index contributed by atoms with van der Waals surface area (Å²) in [5, 5.41) is 0. The van der Waals surface area contributed by atoms with Gasteiger partial charge in [0.25, 0.3) is 0 Å². The van der Waals surface area contributed by atoms with Crippen molar-refractivity contribution in [2.24, 2.45) is 17.6 Å². The van der Waals surface area contributed by atoms with E-state index in [9.17, 15) is 27.2 Å². The molecule has 24 heavy (non-hydrogen) atoms. The number of nitrogens with two attached hydrogens (primary N) is 1. The van der Waals surface area contributed by atoms with Crippen LogP contribution in [-0.2, 0) is 22.2 Å². The summed E-state index contributed by atoms with van der Waals surface area (Å²) >= 11 is 0. The van der Waals surface area contributed by atoms with Crippen LogP contribution < -0.4 is 5.73 Å². The molecule has 7 heteroatoms. The Morgan fingerprint density at radius 3 is 2.46 bits per heavy atom. The van der Waals surface area contributed by atoms with Crippen molar-refractivity contribution in [3.05, 3.63) is 35.1 Å². The summed E-state index contributed by atoms with van der Waals surface area (Å²) in [4.78, 5) is 21.8. The van der Waals surface area contributed by atoms with Gasteiger partial charge in [0.05, 0.1) is 5.56 Å². The molecule has 0 spiro atoms. The molecule has 0 aliphatic rings. The maximum Gasteiger partial charge on any atom is 0.416 e. The second-order valence-electron chi connectivity index (χ2n) is 6.02. The van der Waals surface area contributed by atoms with Crippen LogP contribution in [0.5, 0.6) is 0 Å². The number of hydrogen-bond donors (Lipinski definition) is 1. The zero-order valence-electron chi connectivity index (χ0n) is 13.4. The van der Waals surface area contributed by atoms with Crippen molar-refractivity contribution >= 4 is 12.2 Å². The number of primary amides is 1. The molecule has 1 aromatic rings. The summed E-state index contributed by atoms with van der Waals surface area (Å²) in [6, 6.07) is 2.43. The molecular weight excluding hydrogens is 326 g/mol. The molecule has 0 aliphatic heterocycles. The highest BCUT2D eigenvalue weighted by Crippen LogP contribution is 2.32. The molecule has 0 saturated heterocycles. The third-order valence-corrected chi connectivity index (χ3v) is 3.99. The Hall–Kier alpha value is -1.92. The first-order valence-corrected chi connectivity index (χ1v) is 7.73. The van der Waals surface area contributed by atoms with Crippen LogP contribution in [0.15, 0.2) is 18.2 Å². The molecule has 0 radical (unpaired) electrons. The summed E-state index contributed by atoms with van der Waals surface area (Å²) in [6.07, 6.45) is -1.78. The SMILES string of the molecule is CC(C=O)C(CCCCC(N)=O)Cc1cc(F)cc(C(F)(F)F)c1. The Morgan fingerprint density at radius 2 is 1.92 bits per heavy atom. The normalized spacial score (nSPS) is 14.2. The number of alkyl halides is 3. The van der Waals surface area contributed by atoms with E-state index < -0.39 is 23.5 Å². The van der Waals surface area contributed by atoms with Crippen molar-refractivity contribution in [2.75, 3.05) is 0 Å². The molecule has 2 atom stereocenters. The summed E-state index contributed by atoms with van der Waals surface area (Å²) in [5.74, 6) is -1.98. The van der Waals surface area contributed by atoms with Crippen molar-refractivity contribution in [1.82, 2.24) is 0 Å². The van der Waals surface area contributed by atoms with Gasteiger partial charge in [-0.3, -0.25) is 4.79 Å². The first-order valence-electron chi connectivity index (χ1n) is 7.73. The van der Waals surface area contributed by atoms with Gasteiger partial charge in [0, 0.05) is 12.3 Å². The number of carbonyl (C=O) groups excluding carboxylic acids is 2. The van der Waals surface area contributed by atoms with Gasteiger partial charge in [0.2, 0.25) is 5.91 Å². The minimum atomic E-state index is -4.62. The third-order valence-electron chi connectivity index (χ3n) is 3.99. The molecule has 134 valence electrons. The quantitative estimate of drug-likeness (QED) is 0.419. The lowest BCUT2D eigenvalue weighted by Gasteiger charge is -2.20. The Morgan fingerprint density at radius 1 is 1.25 bits per heavy atom. The predicted molar refractivity (Wildman–Crippen MR) is 81.5 cm³/mol. The lowest BCUT2D eigenvalue weighted by molar-refractivity contribution is -0.137. The molecule has 1 rings (SSSR count). The van der Waals surface area contributed by atoms with Crippen LogP contribution in [0.25, 0.3) is 0 Å². The van der Waals surface area contributed by atoms with Crippen molar-refractivity contribution < 1.29 is 27.2 Å². The van der Waals surface area contributed by atoms with Gasteiger partial charge in [-0.25, -0.2) is 4.39 Å². The second-order valence-corrected chi connectivity index (χ2v) is 6.02. The maximum atomic E-state index is 13.5. The van der Waals surface area contributed by atoms with Crippen LogP contribution >= 0.6 is 0 Å². The summed E-state index contributed by atoms with van der Waals surface area (Å²) in [5.41, 5.74) is 4.22. The Balaban J connectivity index is 2.84. The van der Waals surface area contributed by atoms with E-state index in [1.54, 1.807) is 6.92 Å². The summed E-state index contributed by atoms with van der Waals surface area (Å²) in [7, 11) is 0. The lowest BCUT2D eigenvalue weighted by atomic mass is 9.84. The van der Waals surface area contributed by atoms with Gasteiger partial charge < -0.3 is 10.5 Å². The number of aldehydes is 1. The summed E-state index contributed by atoms with van der Waals surface area (Å²) in [6.45, 7) is 1.68. The molecule has 0 bridgehead atoms. The fraction of sp³-hybridized carbons (Fsp3) is 0.529. The first kappa shape index (κ1) is 20.1. The fourth-order valence-electron chi connectivity index (χ4n) is 2.60. The average molecular weight is 347 g/mol. The van der Waals surface area contributed by atoms with Crippen LogP contribution in [0.2, 0.25) is 0 Å². The van der Waals surface area contributed by atoms with Gasteiger partial charge in [-0.05, 0) is 48.9 Å². The van der Waals surface area contributed by atoms with Gasteiger partial charge in [0.15, 0.2) is 0 Å². The van der Waals surface area contributed by atoms with E-state index in [1.165, 1.54) is 0 Å². The highest BCUT2D eigenvalue weighted by atomic mass is 19.4. The Bertz CT molecular complexity index is 572. The largest absolute Gasteiger partial charge is 0.416 e. The van der Waals surface area contributed by atoms with Crippen molar-refractivity contribution in [1.29, 1.82) is 0 Å². The van der Waals surface area contributed by atoms with E-state index in [0.717, 1.165) is 18.4 Å². The molecule has 0 heterocycles. The standard InChI is InChI=1S/C17H21F4NO2/c1-11(10-23)13(4-2-3-5-16(22)24)6-12-7-14(17(19,20)21)9-15(18)8-12/h7-11,13H,2-6H2,1H3,(H2,22,24). The molecule has 0 aromatic heterocycles. The number of unbranched alkanes of at least 4 members (excludes halogenated alkanes) is 1. The number of amides is 1. The minimum absolute atomic E-state index is 0.164. The van der Waals surface area contributed by atoms with Crippen molar-refractivity contribution in [3.63, 3.8) is 0 Å². The van der Waals surface area contributed by atoms with Crippen LogP contribution in [0.4, 0.5) is 17.6 Å². The molecule has 1 aromatic carbocycles. The van der Waals surface area contributed by atoms with E-state index in [-0.39, 0.29) is 30.2 Å². The molecule has 2 unspecified atom stereocenters.